The van der Waals surface area contributed by atoms with Gasteiger partial charge in [-0.3, -0.25) is 0 Å². The third kappa shape index (κ3) is 3.12. The first-order chi connectivity index (χ1) is 6.20. The van der Waals surface area contributed by atoms with E-state index in [1.54, 1.807) is 0 Å². The Morgan fingerprint density at radius 1 is 1.08 bits per heavy atom. The SMILES string of the molecule is C=C(C)/C=C\C(=C)c1ccccc1. The van der Waals surface area contributed by atoms with Crippen molar-refractivity contribution in [3.8, 4) is 0 Å². The van der Waals surface area contributed by atoms with E-state index in [1.165, 1.54) is 0 Å². The van der Waals surface area contributed by atoms with Crippen molar-refractivity contribution in [2.24, 2.45) is 0 Å². The Kier molecular flexibility index (Phi) is 3.27. The van der Waals surface area contributed by atoms with Crippen molar-refractivity contribution in [3.63, 3.8) is 0 Å². The third-order valence-electron chi connectivity index (χ3n) is 1.71. The van der Waals surface area contributed by atoms with Crippen LogP contribution >= 0.6 is 0 Å². The van der Waals surface area contributed by atoms with E-state index in [0.29, 0.717) is 0 Å². The van der Waals surface area contributed by atoms with Gasteiger partial charge >= 0.3 is 0 Å². The second-order valence-corrected chi connectivity index (χ2v) is 3.07. The minimum atomic E-state index is 1.02. The average Bonchev–Trinajstić information content (AvgIpc) is 2.15. The first-order valence-electron chi connectivity index (χ1n) is 4.28. The van der Waals surface area contributed by atoms with Gasteiger partial charge in [-0.05, 0) is 18.1 Å². The lowest BCUT2D eigenvalue weighted by Crippen LogP contribution is -1.76. The molecular formula is C13H14. The van der Waals surface area contributed by atoms with Crippen molar-refractivity contribution in [2.75, 3.05) is 0 Å². The lowest BCUT2D eigenvalue weighted by atomic mass is 10.1. The molecule has 66 valence electrons. The molecule has 0 fully saturated rings. The van der Waals surface area contributed by atoms with E-state index in [1.807, 2.05) is 49.4 Å². The topological polar surface area (TPSA) is 0 Å². The summed E-state index contributed by atoms with van der Waals surface area (Å²) in [4.78, 5) is 0. The zero-order chi connectivity index (χ0) is 9.68. The van der Waals surface area contributed by atoms with Crippen molar-refractivity contribution in [1.82, 2.24) is 0 Å². The zero-order valence-corrected chi connectivity index (χ0v) is 7.96. The van der Waals surface area contributed by atoms with E-state index in [-0.39, 0.29) is 0 Å². The molecule has 1 aromatic rings. The van der Waals surface area contributed by atoms with Gasteiger partial charge in [0.2, 0.25) is 0 Å². The summed E-state index contributed by atoms with van der Waals surface area (Å²) in [6.07, 6.45) is 3.95. The Labute approximate surface area is 79.9 Å². The van der Waals surface area contributed by atoms with Crippen LogP contribution in [0.25, 0.3) is 5.57 Å². The highest BCUT2D eigenvalue weighted by atomic mass is 14.0. The number of rotatable bonds is 3. The van der Waals surface area contributed by atoms with Gasteiger partial charge in [-0.2, -0.15) is 0 Å². The molecule has 0 radical (unpaired) electrons. The summed E-state index contributed by atoms with van der Waals surface area (Å²) in [5.41, 5.74) is 3.21. The summed E-state index contributed by atoms with van der Waals surface area (Å²) in [6, 6.07) is 10.1. The zero-order valence-electron chi connectivity index (χ0n) is 7.96. The van der Waals surface area contributed by atoms with Gasteiger partial charge in [0.15, 0.2) is 0 Å². The minimum Gasteiger partial charge on any atom is -0.0961 e. The smallest absolute Gasteiger partial charge is 0.0190 e. The molecule has 0 heterocycles. The molecule has 0 N–H and O–H groups in total. The van der Waals surface area contributed by atoms with E-state index in [4.69, 9.17) is 0 Å². The molecule has 0 aliphatic carbocycles. The summed E-state index contributed by atoms with van der Waals surface area (Å²) in [6.45, 7) is 9.73. The Morgan fingerprint density at radius 2 is 1.69 bits per heavy atom. The van der Waals surface area contributed by atoms with Gasteiger partial charge in [0, 0.05) is 0 Å². The molecule has 1 aromatic carbocycles. The molecule has 13 heavy (non-hydrogen) atoms. The molecule has 0 unspecified atom stereocenters. The van der Waals surface area contributed by atoms with E-state index in [0.717, 1.165) is 16.7 Å². The summed E-state index contributed by atoms with van der Waals surface area (Å²) < 4.78 is 0. The molecule has 0 saturated carbocycles. The molecular weight excluding hydrogens is 156 g/mol. The molecule has 0 heteroatoms. The third-order valence-corrected chi connectivity index (χ3v) is 1.71. The van der Waals surface area contributed by atoms with Crippen molar-refractivity contribution in [1.29, 1.82) is 0 Å². The maximum absolute atomic E-state index is 3.97. The average molecular weight is 170 g/mol. The van der Waals surface area contributed by atoms with Crippen LogP contribution < -0.4 is 0 Å². The second-order valence-electron chi connectivity index (χ2n) is 3.07. The molecule has 0 aliphatic heterocycles. The molecule has 0 nitrogen and oxygen atoms in total. The van der Waals surface area contributed by atoms with Gasteiger partial charge in [0.1, 0.15) is 0 Å². The van der Waals surface area contributed by atoms with Gasteiger partial charge < -0.3 is 0 Å². The summed E-state index contributed by atoms with van der Waals surface area (Å²) >= 11 is 0. The molecule has 0 saturated heterocycles. The van der Waals surface area contributed by atoms with Gasteiger partial charge in [0.25, 0.3) is 0 Å². The molecule has 0 aliphatic rings. The Hall–Kier alpha value is -1.56. The van der Waals surface area contributed by atoms with Gasteiger partial charge in [-0.25, -0.2) is 0 Å². The number of benzene rings is 1. The quantitative estimate of drug-likeness (QED) is 0.605. The Balaban J connectivity index is 2.76. The van der Waals surface area contributed by atoms with E-state index in [9.17, 15) is 0 Å². The van der Waals surface area contributed by atoms with Crippen molar-refractivity contribution in [3.05, 3.63) is 66.8 Å². The largest absolute Gasteiger partial charge is 0.0961 e. The lowest BCUT2D eigenvalue weighted by molar-refractivity contribution is 1.55. The van der Waals surface area contributed by atoms with E-state index in [2.05, 4.69) is 13.2 Å². The standard InChI is InChI=1S/C13H14/c1-11(2)9-10-12(3)13-7-5-4-6-8-13/h4-10H,1,3H2,2H3/b10-9-. The molecule has 1 rings (SSSR count). The minimum absolute atomic E-state index is 1.02. The fourth-order valence-electron chi connectivity index (χ4n) is 0.991. The Bertz CT molecular complexity index is 328. The van der Waals surface area contributed by atoms with Crippen LogP contribution in [0.2, 0.25) is 0 Å². The maximum Gasteiger partial charge on any atom is -0.0190 e. The molecule has 0 bridgehead atoms. The molecule has 0 aromatic heterocycles. The monoisotopic (exact) mass is 170 g/mol. The molecule has 0 spiro atoms. The van der Waals surface area contributed by atoms with Crippen LogP contribution in [0.1, 0.15) is 12.5 Å². The highest BCUT2D eigenvalue weighted by molar-refractivity contribution is 5.72. The summed E-state index contributed by atoms with van der Waals surface area (Å²) in [7, 11) is 0. The van der Waals surface area contributed by atoms with E-state index >= 15 is 0 Å². The number of hydrogen-bond acceptors (Lipinski definition) is 0. The van der Waals surface area contributed by atoms with Gasteiger partial charge in [-0.15, -0.1) is 0 Å². The van der Waals surface area contributed by atoms with Crippen molar-refractivity contribution < 1.29 is 0 Å². The van der Waals surface area contributed by atoms with Crippen LogP contribution in [-0.2, 0) is 0 Å². The van der Waals surface area contributed by atoms with Crippen LogP contribution in [0.3, 0.4) is 0 Å². The second kappa shape index (κ2) is 4.46. The van der Waals surface area contributed by atoms with Crippen LogP contribution in [-0.4, -0.2) is 0 Å². The van der Waals surface area contributed by atoms with Crippen molar-refractivity contribution in [2.45, 2.75) is 6.92 Å². The van der Waals surface area contributed by atoms with Crippen LogP contribution in [0, 0.1) is 0 Å². The van der Waals surface area contributed by atoms with Crippen LogP contribution in [0.15, 0.2) is 61.2 Å². The highest BCUT2D eigenvalue weighted by Crippen LogP contribution is 2.13. The number of allylic oxidation sites excluding steroid dienone is 4. The fraction of sp³-hybridized carbons (Fsp3) is 0.0769. The van der Waals surface area contributed by atoms with Crippen molar-refractivity contribution >= 4 is 5.57 Å². The van der Waals surface area contributed by atoms with Gasteiger partial charge in [-0.1, -0.05) is 61.2 Å². The highest BCUT2D eigenvalue weighted by Gasteiger charge is 1.91. The molecule has 0 atom stereocenters. The van der Waals surface area contributed by atoms with Crippen LogP contribution in [0.4, 0.5) is 0 Å². The van der Waals surface area contributed by atoms with Gasteiger partial charge in [0.05, 0.1) is 0 Å². The van der Waals surface area contributed by atoms with Crippen LogP contribution in [0.5, 0.6) is 0 Å². The lowest BCUT2D eigenvalue weighted by Gasteiger charge is -1.98. The molecule has 0 amide bonds. The predicted octanol–water partition coefficient (Wildman–Crippen LogP) is 3.83. The summed E-state index contributed by atoms with van der Waals surface area (Å²) in [5, 5.41) is 0. The maximum atomic E-state index is 3.97. The number of hydrogen-bond donors (Lipinski definition) is 0. The Morgan fingerprint density at radius 3 is 2.23 bits per heavy atom. The first kappa shape index (κ1) is 9.53. The predicted molar refractivity (Wildman–Crippen MR) is 59.4 cm³/mol. The summed E-state index contributed by atoms with van der Waals surface area (Å²) in [5.74, 6) is 0. The normalized spacial score (nSPS) is 10.2. The fourth-order valence-corrected chi connectivity index (χ4v) is 0.991. The first-order valence-corrected chi connectivity index (χ1v) is 4.28. The van der Waals surface area contributed by atoms with E-state index < -0.39 is 0 Å².